The highest BCUT2D eigenvalue weighted by Crippen LogP contribution is 2.18. The predicted molar refractivity (Wildman–Crippen MR) is 68.2 cm³/mol. The molecule has 4 heteroatoms. The van der Waals surface area contributed by atoms with Gasteiger partial charge < -0.3 is 10.4 Å². The zero-order valence-electron chi connectivity index (χ0n) is 9.59. The van der Waals surface area contributed by atoms with E-state index in [4.69, 9.17) is 16.7 Å². The molecule has 17 heavy (non-hydrogen) atoms. The lowest BCUT2D eigenvalue weighted by molar-refractivity contribution is -0.136. The highest BCUT2D eigenvalue weighted by Gasteiger charge is 2.05. The Labute approximate surface area is 106 Å². The Morgan fingerprint density at radius 3 is 2.88 bits per heavy atom. The molecule has 1 aromatic rings. The molecule has 0 radical (unpaired) electrons. The summed E-state index contributed by atoms with van der Waals surface area (Å²) in [6, 6.07) is 5.20. The summed E-state index contributed by atoms with van der Waals surface area (Å²) in [5, 5.41) is 12.1. The molecule has 0 aliphatic carbocycles. The summed E-state index contributed by atoms with van der Waals surface area (Å²) in [4.78, 5) is 10.6. The standard InChI is InChI=1S/C13H14ClNO2/c1-15-7-3-2-4-10-5-6-11(9-13(16)17)12(14)8-10/h5-6,8,15H,3,7,9H2,1H3,(H,16,17). The fourth-order valence-corrected chi connectivity index (χ4v) is 1.53. The van der Waals surface area contributed by atoms with Gasteiger partial charge in [0.15, 0.2) is 0 Å². The molecule has 90 valence electrons. The van der Waals surface area contributed by atoms with Crippen molar-refractivity contribution in [1.29, 1.82) is 0 Å². The largest absolute Gasteiger partial charge is 0.481 e. The zero-order valence-corrected chi connectivity index (χ0v) is 10.3. The fourth-order valence-electron chi connectivity index (χ4n) is 1.28. The first-order valence-corrected chi connectivity index (χ1v) is 5.65. The van der Waals surface area contributed by atoms with Gasteiger partial charge >= 0.3 is 5.97 Å². The molecular formula is C13H14ClNO2. The van der Waals surface area contributed by atoms with Crippen LogP contribution in [0, 0.1) is 11.8 Å². The van der Waals surface area contributed by atoms with E-state index in [2.05, 4.69) is 17.2 Å². The van der Waals surface area contributed by atoms with Gasteiger partial charge in [0, 0.05) is 23.6 Å². The second-order valence-corrected chi connectivity index (χ2v) is 3.94. The molecule has 1 rings (SSSR count). The van der Waals surface area contributed by atoms with Crippen LogP contribution in [0.4, 0.5) is 0 Å². The molecule has 3 nitrogen and oxygen atoms in total. The van der Waals surface area contributed by atoms with Gasteiger partial charge in [-0.25, -0.2) is 0 Å². The number of benzene rings is 1. The Kier molecular flexibility index (Phi) is 5.55. The minimum absolute atomic E-state index is 0.0632. The maximum Gasteiger partial charge on any atom is 0.307 e. The second kappa shape index (κ2) is 6.95. The lowest BCUT2D eigenvalue weighted by atomic mass is 10.1. The molecule has 0 atom stereocenters. The molecule has 1 aromatic carbocycles. The van der Waals surface area contributed by atoms with Gasteiger partial charge in [-0.2, -0.15) is 0 Å². The minimum Gasteiger partial charge on any atom is -0.481 e. The number of carboxylic acids is 1. The first-order valence-electron chi connectivity index (χ1n) is 5.27. The van der Waals surface area contributed by atoms with E-state index in [9.17, 15) is 4.79 Å². The number of halogens is 1. The number of rotatable bonds is 4. The Bertz CT molecular complexity index is 460. The third kappa shape index (κ3) is 4.90. The molecule has 0 aromatic heterocycles. The first kappa shape index (κ1) is 13.6. The number of hydrogen-bond acceptors (Lipinski definition) is 2. The summed E-state index contributed by atoms with van der Waals surface area (Å²) in [6.45, 7) is 0.845. The van der Waals surface area contributed by atoms with Crippen LogP contribution in [0.15, 0.2) is 18.2 Å². The smallest absolute Gasteiger partial charge is 0.307 e. The van der Waals surface area contributed by atoms with Crippen LogP contribution in [0.2, 0.25) is 5.02 Å². The van der Waals surface area contributed by atoms with Gasteiger partial charge in [-0.3, -0.25) is 4.79 Å². The monoisotopic (exact) mass is 251 g/mol. The minimum atomic E-state index is -0.889. The molecule has 2 N–H and O–H groups in total. The van der Waals surface area contributed by atoms with Crippen LogP contribution in [0.5, 0.6) is 0 Å². The number of aliphatic carboxylic acids is 1. The van der Waals surface area contributed by atoms with Gasteiger partial charge in [-0.05, 0) is 24.7 Å². The Balaban J connectivity index is 2.73. The van der Waals surface area contributed by atoms with Crippen molar-refractivity contribution in [2.75, 3.05) is 13.6 Å². The third-order valence-corrected chi connectivity index (χ3v) is 2.48. The molecule has 0 saturated heterocycles. The quantitative estimate of drug-likeness (QED) is 0.635. The normalized spacial score (nSPS) is 9.53. The number of carbonyl (C=O) groups is 1. The summed E-state index contributed by atoms with van der Waals surface area (Å²) in [7, 11) is 1.87. The fraction of sp³-hybridized carbons (Fsp3) is 0.308. The van der Waals surface area contributed by atoms with Crippen LogP contribution >= 0.6 is 11.6 Å². The van der Waals surface area contributed by atoms with E-state index in [1.807, 2.05) is 7.05 Å². The number of hydrogen-bond donors (Lipinski definition) is 2. The van der Waals surface area contributed by atoms with Crippen LogP contribution in [-0.2, 0) is 11.2 Å². The first-order chi connectivity index (χ1) is 8.13. The summed E-state index contributed by atoms with van der Waals surface area (Å²) in [5.74, 6) is 5.09. The van der Waals surface area contributed by atoms with Gasteiger partial charge in [-0.15, -0.1) is 0 Å². The van der Waals surface area contributed by atoms with Crippen LogP contribution in [-0.4, -0.2) is 24.7 Å². The van der Waals surface area contributed by atoms with E-state index in [-0.39, 0.29) is 6.42 Å². The molecular weight excluding hydrogens is 238 g/mol. The highest BCUT2D eigenvalue weighted by molar-refractivity contribution is 6.31. The lowest BCUT2D eigenvalue weighted by Crippen LogP contribution is -2.05. The van der Waals surface area contributed by atoms with E-state index in [0.29, 0.717) is 10.6 Å². The maximum absolute atomic E-state index is 10.6. The van der Waals surface area contributed by atoms with Gasteiger partial charge in [0.2, 0.25) is 0 Å². The van der Waals surface area contributed by atoms with Crippen molar-refractivity contribution in [1.82, 2.24) is 5.32 Å². The molecule has 0 saturated carbocycles. The third-order valence-electron chi connectivity index (χ3n) is 2.13. The van der Waals surface area contributed by atoms with Crippen molar-refractivity contribution in [3.63, 3.8) is 0 Å². The van der Waals surface area contributed by atoms with Crippen LogP contribution in [0.1, 0.15) is 17.5 Å². The molecule has 0 aliphatic heterocycles. The SMILES string of the molecule is CNCCC#Cc1ccc(CC(=O)O)c(Cl)c1. The Morgan fingerprint density at radius 2 is 2.29 bits per heavy atom. The molecule has 0 bridgehead atoms. The van der Waals surface area contributed by atoms with Crippen LogP contribution < -0.4 is 5.32 Å². The van der Waals surface area contributed by atoms with Crippen molar-refractivity contribution >= 4 is 17.6 Å². The van der Waals surface area contributed by atoms with Crippen molar-refractivity contribution in [3.8, 4) is 11.8 Å². The summed E-state index contributed by atoms with van der Waals surface area (Å²) in [5.41, 5.74) is 1.42. The molecule has 0 heterocycles. The predicted octanol–water partition coefficient (Wildman–Crippen LogP) is 1.93. The molecule has 0 fully saturated rings. The summed E-state index contributed by atoms with van der Waals surface area (Å²) in [6.07, 6.45) is 0.706. The average molecular weight is 252 g/mol. The molecule has 0 unspecified atom stereocenters. The number of nitrogens with one attached hydrogen (secondary N) is 1. The topological polar surface area (TPSA) is 49.3 Å². The van der Waals surface area contributed by atoms with Crippen molar-refractivity contribution in [2.45, 2.75) is 12.8 Å². The van der Waals surface area contributed by atoms with E-state index in [1.165, 1.54) is 0 Å². The van der Waals surface area contributed by atoms with Crippen LogP contribution in [0.3, 0.4) is 0 Å². The molecule has 0 spiro atoms. The van der Waals surface area contributed by atoms with E-state index < -0.39 is 5.97 Å². The van der Waals surface area contributed by atoms with E-state index in [0.717, 1.165) is 18.5 Å². The summed E-state index contributed by atoms with van der Waals surface area (Å²) < 4.78 is 0. The maximum atomic E-state index is 10.6. The van der Waals surface area contributed by atoms with Crippen molar-refractivity contribution in [3.05, 3.63) is 34.3 Å². The van der Waals surface area contributed by atoms with Crippen molar-refractivity contribution < 1.29 is 9.90 Å². The van der Waals surface area contributed by atoms with Gasteiger partial charge in [0.05, 0.1) is 6.42 Å². The van der Waals surface area contributed by atoms with E-state index >= 15 is 0 Å². The lowest BCUT2D eigenvalue weighted by Gasteiger charge is -2.01. The van der Waals surface area contributed by atoms with E-state index in [1.54, 1.807) is 18.2 Å². The Hall–Kier alpha value is -1.50. The van der Waals surface area contributed by atoms with Crippen molar-refractivity contribution in [2.24, 2.45) is 0 Å². The van der Waals surface area contributed by atoms with Gasteiger partial charge in [0.25, 0.3) is 0 Å². The second-order valence-electron chi connectivity index (χ2n) is 3.53. The van der Waals surface area contributed by atoms with Gasteiger partial charge in [-0.1, -0.05) is 29.5 Å². The summed E-state index contributed by atoms with van der Waals surface area (Å²) >= 11 is 5.97. The zero-order chi connectivity index (χ0) is 12.7. The molecule has 0 amide bonds. The van der Waals surface area contributed by atoms with Gasteiger partial charge in [0.1, 0.15) is 0 Å². The Morgan fingerprint density at radius 1 is 1.53 bits per heavy atom. The van der Waals surface area contributed by atoms with Crippen LogP contribution in [0.25, 0.3) is 0 Å². The average Bonchev–Trinajstić information content (AvgIpc) is 2.27. The number of carboxylic acid groups (broad SMARTS) is 1. The molecule has 0 aliphatic rings. The highest BCUT2D eigenvalue weighted by atomic mass is 35.5.